The van der Waals surface area contributed by atoms with Gasteiger partial charge in [0.1, 0.15) is 0 Å². The Kier molecular flexibility index (Phi) is 3.97. The standard InChI is InChI=1S/C19H22ClN3O/c1-11-8-14(21)6-7-23(11)19(24)16-10-18(12-2-3-12)22-17-5-4-13(20)9-15(16)17/h4-5,9-12,14H,2-3,6-8,21H2,1H3. The van der Waals surface area contributed by atoms with E-state index in [9.17, 15) is 4.79 Å². The number of aromatic nitrogens is 1. The van der Waals surface area contributed by atoms with Crippen molar-refractivity contribution in [2.24, 2.45) is 5.73 Å². The molecule has 1 aromatic heterocycles. The van der Waals surface area contributed by atoms with Crippen LogP contribution in [0.5, 0.6) is 0 Å². The van der Waals surface area contributed by atoms with E-state index in [1.165, 1.54) is 0 Å². The first-order valence-corrected chi connectivity index (χ1v) is 9.07. The van der Waals surface area contributed by atoms with Crippen LogP contribution >= 0.6 is 11.6 Å². The van der Waals surface area contributed by atoms with Gasteiger partial charge in [-0.2, -0.15) is 0 Å². The van der Waals surface area contributed by atoms with Crippen molar-refractivity contribution in [1.29, 1.82) is 0 Å². The molecule has 24 heavy (non-hydrogen) atoms. The third kappa shape index (κ3) is 2.89. The summed E-state index contributed by atoms with van der Waals surface area (Å²) in [7, 11) is 0. The minimum absolute atomic E-state index is 0.0750. The van der Waals surface area contributed by atoms with E-state index in [0.717, 1.165) is 47.8 Å². The minimum Gasteiger partial charge on any atom is -0.336 e. The van der Waals surface area contributed by atoms with Crippen LogP contribution in [-0.4, -0.2) is 34.4 Å². The first-order valence-electron chi connectivity index (χ1n) is 8.69. The van der Waals surface area contributed by atoms with E-state index in [-0.39, 0.29) is 18.0 Å². The molecule has 1 saturated heterocycles. The Morgan fingerprint density at radius 2 is 2.08 bits per heavy atom. The zero-order valence-corrected chi connectivity index (χ0v) is 14.6. The fraction of sp³-hybridized carbons (Fsp3) is 0.474. The monoisotopic (exact) mass is 343 g/mol. The second kappa shape index (κ2) is 6.01. The van der Waals surface area contributed by atoms with Crippen LogP contribution in [-0.2, 0) is 0 Å². The van der Waals surface area contributed by atoms with Crippen molar-refractivity contribution in [3.63, 3.8) is 0 Å². The molecule has 2 fully saturated rings. The van der Waals surface area contributed by atoms with Crippen molar-refractivity contribution in [3.05, 3.63) is 40.5 Å². The molecule has 126 valence electrons. The largest absolute Gasteiger partial charge is 0.336 e. The zero-order chi connectivity index (χ0) is 16.8. The Morgan fingerprint density at radius 3 is 2.79 bits per heavy atom. The third-order valence-electron chi connectivity index (χ3n) is 5.19. The molecule has 2 aromatic rings. The number of rotatable bonds is 2. The average Bonchev–Trinajstić information content (AvgIpc) is 3.38. The summed E-state index contributed by atoms with van der Waals surface area (Å²) in [6, 6.07) is 7.94. The highest BCUT2D eigenvalue weighted by molar-refractivity contribution is 6.31. The summed E-state index contributed by atoms with van der Waals surface area (Å²) < 4.78 is 0. The molecule has 2 unspecified atom stereocenters. The Labute approximate surface area is 147 Å². The lowest BCUT2D eigenvalue weighted by Gasteiger charge is -2.36. The molecule has 1 amide bonds. The number of nitrogens with two attached hydrogens (primary N) is 1. The molecule has 0 radical (unpaired) electrons. The summed E-state index contributed by atoms with van der Waals surface area (Å²) >= 11 is 6.17. The molecule has 4 nitrogen and oxygen atoms in total. The van der Waals surface area contributed by atoms with Crippen LogP contribution in [0.3, 0.4) is 0 Å². The molecule has 1 aromatic carbocycles. The number of amides is 1. The number of fused-ring (bicyclic) bond motifs is 1. The molecular formula is C19H22ClN3O. The van der Waals surface area contributed by atoms with Gasteiger partial charge in [0, 0.05) is 40.6 Å². The van der Waals surface area contributed by atoms with Gasteiger partial charge in [0.25, 0.3) is 5.91 Å². The van der Waals surface area contributed by atoms with Crippen LogP contribution in [0.25, 0.3) is 10.9 Å². The van der Waals surface area contributed by atoms with E-state index in [2.05, 4.69) is 6.92 Å². The fourth-order valence-electron chi connectivity index (χ4n) is 3.65. The van der Waals surface area contributed by atoms with Gasteiger partial charge >= 0.3 is 0 Å². The molecule has 1 aliphatic carbocycles. The van der Waals surface area contributed by atoms with Gasteiger partial charge in [-0.25, -0.2) is 0 Å². The molecular weight excluding hydrogens is 322 g/mol. The lowest BCUT2D eigenvalue weighted by molar-refractivity contribution is 0.0621. The van der Waals surface area contributed by atoms with Crippen LogP contribution < -0.4 is 5.73 Å². The lowest BCUT2D eigenvalue weighted by atomic mass is 9.97. The van der Waals surface area contributed by atoms with Crippen LogP contribution in [0.15, 0.2) is 24.3 Å². The SMILES string of the molecule is CC1CC(N)CCN1C(=O)c1cc(C2CC2)nc2ccc(Cl)cc12. The lowest BCUT2D eigenvalue weighted by Crippen LogP contribution is -2.48. The van der Waals surface area contributed by atoms with Crippen LogP contribution in [0.4, 0.5) is 0 Å². The quantitative estimate of drug-likeness (QED) is 0.904. The highest BCUT2D eigenvalue weighted by atomic mass is 35.5. The Morgan fingerprint density at radius 1 is 1.29 bits per heavy atom. The molecule has 2 N–H and O–H groups in total. The molecule has 2 aliphatic rings. The van der Waals surface area contributed by atoms with E-state index in [0.29, 0.717) is 17.5 Å². The number of pyridine rings is 1. The first-order chi connectivity index (χ1) is 11.5. The molecule has 0 bridgehead atoms. The summed E-state index contributed by atoms with van der Waals surface area (Å²) in [4.78, 5) is 20.0. The van der Waals surface area contributed by atoms with Crippen molar-refractivity contribution < 1.29 is 4.79 Å². The predicted octanol–water partition coefficient (Wildman–Crippen LogP) is 3.72. The maximum Gasteiger partial charge on any atom is 0.254 e. The van der Waals surface area contributed by atoms with E-state index in [1.54, 1.807) is 0 Å². The molecule has 0 spiro atoms. The number of carbonyl (C=O) groups excluding carboxylic acids is 1. The van der Waals surface area contributed by atoms with E-state index < -0.39 is 0 Å². The Balaban J connectivity index is 1.79. The van der Waals surface area contributed by atoms with E-state index >= 15 is 0 Å². The van der Waals surface area contributed by atoms with Gasteiger partial charge in [-0.05, 0) is 56.9 Å². The molecule has 1 saturated carbocycles. The number of piperidine rings is 1. The number of halogens is 1. The summed E-state index contributed by atoms with van der Waals surface area (Å²) in [6.45, 7) is 2.79. The number of likely N-dealkylation sites (tertiary alicyclic amines) is 1. The van der Waals surface area contributed by atoms with Crippen LogP contribution in [0, 0.1) is 0 Å². The highest BCUT2D eigenvalue weighted by Gasteiger charge is 2.31. The van der Waals surface area contributed by atoms with Gasteiger partial charge < -0.3 is 10.6 Å². The highest BCUT2D eigenvalue weighted by Crippen LogP contribution is 2.40. The molecule has 2 heterocycles. The number of hydrogen-bond acceptors (Lipinski definition) is 3. The summed E-state index contributed by atoms with van der Waals surface area (Å²) in [5.41, 5.74) is 8.66. The molecule has 4 rings (SSSR count). The van der Waals surface area contributed by atoms with Crippen molar-refractivity contribution in [3.8, 4) is 0 Å². The minimum atomic E-state index is 0.0750. The summed E-state index contributed by atoms with van der Waals surface area (Å²) in [5.74, 6) is 0.579. The molecule has 1 aliphatic heterocycles. The molecule has 5 heteroatoms. The van der Waals surface area contributed by atoms with Crippen LogP contribution in [0.1, 0.15) is 54.6 Å². The van der Waals surface area contributed by atoms with E-state index in [4.69, 9.17) is 22.3 Å². The number of nitrogens with zero attached hydrogens (tertiary/aromatic N) is 2. The summed E-state index contributed by atoms with van der Waals surface area (Å²) in [5, 5.41) is 1.48. The van der Waals surface area contributed by atoms with Gasteiger partial charge in [-0.1, -0.05) is 11.6 Å². The average molecular weight is 344 g/mol. The van der Waals surface area contributed by atoms with Crippen molar-refractivity contribution in [2.75, 3.05) is 6.54 Å². The van der Waals surface area contributed by atoms with Crippen molar-refractivity contribution >= 4 is 28.4 Å². The van der Waals surface area contributed by atoms with Gasteiger partial charge in [0.15, 0.2) is 0 Å². The van der Waals surface area contributed by atoms with Gasteiger partial charge in [0.2, 0.25) is 0 Å². The van der Waals surface area contributed by atoms with Gasteiger partial charge in [0.05, 0.1) is 11.1 Å². The van der Waals surface area contributed by atoms with Gasteiger partial charge in [-0.3, -0.25) is 9.78 Å². The smallest absolute Gasteiger partial charge is 0.254 e. The zero-order valence-electron chi connectivity index (χ0n) is 13.8. The number of carbonyl (C=O) groups is 1. The molecule has 2 atom stereocenters. The Bertz CT molecular complexity index is 803. The predicted molar refractivity (Wildman–Crippen MR) is 96.4 cm³/mol. The van der Waals surface area contributed by atoms with E-state index in [1.807, 2.05) is 29.2 Å². The second-order valence-electron chi connectivity index (χ2n) is 7.16. The fourth-order valence-corrected chi connectivity index (χ4v) is 3.82. The number of benzene rings is 1. The summed E-state index contributed by atoms with van der Waals surface area (Å²) in [6.07, 6.45) is 4.03. The maximum absolute atomic E-state index is 13.3. The Hall–Kier alpha value is -1.65. The first kappa shape index (κ1) is 15.9. The van der Waals surface area contributed by atoms with Gasteiger partial charge in [-0.15, -0.1) is 0 Å². The van der Waals surface area contributed by atoms with Crippen LogP contribution in [0.2, 0.25) is 5.02 Å². The second-order valence-corrected chi connectivity index (χ2v) is 7.60. The topological polar surface area (TPSA) is 59.2 Å². The maximum atomic E-state index is 13.3. The van der Waals surface area contributed by atoms with Crippen molar-refractivity contribution in [2.45, 2.75) is 50.6 Å². The number of hydrogen-bond donors (Lipinski definition) is 1. The normalized spacial score (nSPS) is 24.4. The third-order valence-corrected chi connectivity index (χ3v) is 5.43. The van der Waals surface area contributed by atoms with Crippen molar-refractivity contribution in [1.82, 2.24) is 9.88 Å².